The van der Waals surface area contributed by atoms with Gasteiger partial charge in [-0.05, 0) is 77.1 Å². The van der Waals surface area contributed by atoms with Crippen LogP contribution in [-0.4, -0.2) is 51.1 Å². The Balaban J connectivity index is 0.000000266. The van der Waals surface area contributed by atoms with Crippen molar-refractivity contribution in [1.29, 1.82) is 0 Å². The van der Waals surface area contributed by atoms with Crippen LogP contribution in [0, 0.1) is 17.7 Å². The van der Waals surface area contributed by atoms with Crippen LogP contribution in [0.15, 0.2) is 110 Å². The van der Waals surface area contributed by atoms with Crippen LogP contribution in [0.4, 0.5) is 4.39 Å². The molecule has 0 aliphatic carbocycles. The van der Waals surface area contributed by atoms with Gasteiger partial charge in [0.15, 0.2) is 0 Å². The lowest BCUT2D eigenvalue weighted by atomic mass is 10.1. The van der Waals surface area contributed by atoms with E-state index in [9.17, 15) is 30.8 Å². The maximum atomic E-state index is 14.0. The molecule has 0 amide bonds. The highest BCUT2D eigenvalue weighted by molar-refractivity contribution is 9.10. The van der Waals surface area contributed by atoms with Gasteiger partial charge in [0, 0.05) is 14.5 Å². The Morgan fingerprint density at radius 1 is 0.612 bits per heavy atom. The zero-order valence-electron chi connectivity index (χ0n) is 26.8. The van der Waals surface area contributed by atoms with Gasteiger partial charge in [0.1, 0.15) is 17.9 Å². The van der Waals surface area contributed by atoms with Crippen molar-refractivity contribution in [2.75, 3.05) is 0 Å². The van der Waals surface area contributed by atoms with Gasteiger partial charge in [-0.2, -0.15) is 9.44 Å². The molecule has 0 saturated carbocycles. The van der Waals surface area contributed by atoms with Crippen LogP contribution < -0.4 is 9.44 Å². The summed E-state index contributed by atoms with van der Waals surface area (Å²) in [6, 6.07) is 21.8. The maximum Gasteiger partial charge on any atom is 0.322 e. The van der Waals surface area contributed by atoms with E-state index < -0.39 is 55.8 Å². The smallest absolute Gasteiger partial charge is 0.322 e. The van der Waals surface area contributed by atoms with Gasteiger partial charge in [-0.3, -0.25) is 9.59 Å². The van der Waals surface area contributed by atoms with Crippen LogP contribution >= 0.6 is 31.9 Å². The van der Waals surface area contributed by atoms with Crippen molar-refractivity contribution in [3.63, 3.8) is 0 Å². The van der Waals surface area contributed by atoms with Crippen molar-refractivity contribution < 1.29 is 41.0 Å². The van der Waals surface area contributed by atoms with E-state index in [0.717, 1.165) is 15.6 Å². The standard InChI is InChI=1S/C17H17BrFNO4S.C17H18BrNO4S/c1-10(2)16(17(21)22)20-25(23,24)13-6-3-11(4-7-13)14-8-5-12(18)9-15(14)19;1-11(2)16(17(20)21)19-24(22,23)15-8-6-12(7-9-15)13-4-3-5-14(18)10-13/h3-10,16,20H,1-2H3,(H,21,22);3-11,16,19H,1-2H3,(H,20,21)/t2*16-/m00/s1. The Morgan fingerprint density at radius 3 is 1.43 bits per heavy atom. The van der Waals surface area contributed by atoms with E-state index in [4.69, 9.17) is 10.2 Å². The molecule has 262 valence electrons. The second-order valence-electron chi connectivity index (χ2n) is 11.5. The molecule has 4 aromatic carbocycles. The lowest BCUT2D eigenvalue weighted by molar-refractivity contribution is -0.141. The molecule has 2 atom stereocenters. The van der Waals surface area contributed by atoms with Gasteiger partial charge in [0.05, 0.1) is 9.79 Å². The quantitative estimate of drug-likeness (QED) is 0.117. The summed E-state index contributed by atoms with van der Waals surface area (Å²) in [4.78, 5) is 22.3. The normalized spacial score (nSPS) is 13.0. The second-order valence-corrected chi connectivity index (χ2v) is 16.8. The number of carbonyl (C=O) groups is 2. The number of aliphatic carboxylic acids is 2. The van der Waals surface area contributed by atoms with E-state index in [-0.39, 0.29) is 15.7 Å². The van der Waals surface area contributed by atoms with Crippen molar-refractivity contribution in [3.05, 3.63) is 106 Å². The van der Waals surface area contributed by atoms with Gasteiger partial charge in [0.25, 0.3) is 0 Å². The topological polar surface area (TPSA) is 167 Å². The van der Waals surface area contributed by atoms with E-state index in [0.29, 0.717) is 15.6 Å². The summed E-state index contributed by atoms with van der Waals surface area (Å²) in [6.45, 7) is 6.52. The molecule has 4 rings (SSSR count). The molecule has 0 aromatic heterocycles. The first-order chi connectivity index (χ1) is 22.8. The zero-order valence-corrected chi connectivity index (χ0v) is 31.6. The summed E-state index contributed by atoms with van der Waals surface area (Å²) in [7, 11) is -7.89. The molecule has 4 aromatic rings. The van der Waals surface area contributed by atoms with E-state index in [1.54, 1.807) is 52.0 Å². The predicted octanol–water partition coefficient (Wildman–Crippen LogP) is 7.15. The fraction of sp³-hybridized carbons (Fsp3) is 0.235. The molecule has 4 N–H and O–H groups in total. The van der Waals surface area contributed by atoms with Gasteiger partial charge in [-0.25, -0.2) is 21.2 Å². The lowest BCUT2D eigenvalue weighted by Gasteiger charge is -2.18. The molecule has 0 radical (unpaired) electrons. The lowest BCUT2D eigenvalue weighted by Crippen LogP contribution is -2.44. The summed E-state index contributed by atoms with van der Waals surface area (Å²) in [6.07, 6.45) is 0. The van der Waals surface area contributed by atoms with Gasteiger partial charge in [-0.1, -0.05) is 102 Å². The largest absolute Gasteiger partial charge is 0.480 e. The minimum Gasteiger partial charge on any atom is -0.480 e. The molecule has 0 heterocycles. The highest BCUT2D eigenvalue weighted by Crippen LogP contribution is 2.27. The number of benzene rings is 4. The molecular formula is C34H35Br2FN2O8S2. The Morgan fingerprint density at radius 2 is 1.04 bits per heavy atom. The first-order valence-electron chi connectivity index (χ1n) is 14.7. The van der Waals surface area contributed by atoms with Crippen molar-refractivity contribution in [2.45, 2.75) is 49.6 Å². The third-order valence-corrected chi connectivity index (χ3v) is 11.1. The van der Waals surface area contributed by atoms with Crippen molar-refractivity contribution >= 4 is 63.8 Å². The number of nitrogens with one attached hydrogen (secondary N) is 2. The number of rotatable bonds is 12. The van der Waals surface area contributed by atoms with Crippen molar-refractivity contribution in [2.24, 2.45) is 11.8 Å². The Bertz CT molecular complexity index is 2010. The predicted molar refractivity (Wildman–Crippen MR) is 192 cm³/mol. The number of carboxylic acids is 2. The van der Waals surface area contributed by atoms with Crippen LogP contribution in [0.25, 0.3) is 22.3 Å². The molecule has 0 aliphatic heterocycles. The molecule has 0 saturated heterocycles. The molecule has 0 bridgehead atoms. The fourth-order valence-corrected chi connectivity index (χ4v) is 7.85. The van der Waals surface area contributed by atoms with Crippen LogP contribution in [-0.2, 0) is 29.6 Å². The summed E-state index contributed by atoms with van der Waals surface area (Å²) in [5.41, 5.74) is 2.68. The first-order valence-corrected chi connectivity index (χ1v) is 19.3. The highest BCUT2D eigenvalue weighted by Gasteiger charge is 2.29. The van der Waals surface area contributed by atoms with Crippen LogP contribution in [0.3, 0.4) is 0 Å². The average molecular weight is 843 g/mol. The van der Waals surface area contributed by atoms with E-state index >= 15 is 0 Å². The Hall–Kier alpha value is -3.47. The van der Waals surface area contributed by atoms with E-state index in [1.807, 2.05) is 24.3 Å². The summed E-state index contributed by atoms with van der Waals surface area (Å²) >= 11 is 6.58. The van der Waals surface area contributed by atoms with E-state index in [1.165, 1.54) is 42.5 Å². The summed E-state index contributed by atoms with van der Waals surface area (Å²) in [5, 5.41) is 18.3. The minimum atomic E-state index is -4.00. The molecule has 0 fully saturated rings. The summed E-state index contributed by atoms with van der Waals surface area (Å²) < 4.78 is 69.4. The SMILES string of the molecule is CC(C)[C@H](NS(=O)(=O)c1ccc(-c2ccc(Br)cc2F)cc1)C(=O)O.CC(C)[C@H](NS(=O)(=O)c1ccc(-c2cccc(Br)c2)cc1)C(=O)O. The molecule has 10 nitrogen and oxygen atoms in total. The van der Waals surface area contributed by atoms with Crippen LogP contribution in [0.1, 0.15) is 27.7 Å². The Kier molecular flexibility index (Phi) is 13.8. The number of carboxylic acid groups (broad SMARTS) is 2. The van der Waals surface area contributed by atoms with Gasteiger partial charge >= 0.3 is 11.9 Å². The summed E-state index contributed by atoms with van der Waals surface area (Å²) in [5.74, 6) is -3.65. The van der Waals surface area contributed by atoms with Gasteiger partial charge < -0.3 is 10.2 Å². The maximum absolute atomic E-state index is 14.0. The molecule has 15 heteroatoms. The van der Waals surface area contributed by atoms with Crippen LogP contribution in [0.2, 0.25) is 0 Å². The third-order valence-electron chi connectivity index (χ3n) is 7.16. The third kappa shape index (κ3) is 11.0. The second kappa shape index (κ2) is 17.0. The van der Waals surface area contributed by atoms with Gasteiger partial charge in [0.2, 0.25) is 20.0 Å². The number of sulfonamides is 2. The molecule has 49 heavy (non-hydrogen) atoms. The van der Waals surface area contributed by atoms with E-state index in [2.05, 4.69) is 41.3 Å². The zero-order chi connectivity index (χ0) is 36.7. The Labute approximate surface area is 302 Å². The minimum absolute atomic E-state index is 0.0353. The number of halogens is 3. The average Bonchev–Trinajstić information content (AvgIpc) is 3.02. The number of hydrogen-bond acceptors (Lipinski definition) is 6. The monoisotopic (exact) mass is 840 g/mol. The van der Waals surface area contributed by atoms with Crippen molar-refractivity contribution in [3.8, 4) is 22.3 Å². The number of hydrogen-bond donors (Lipinski definition) is 4. The highest BCUT2D eigenvalue weighted by atomic mass is 79.9. The fourth-order valence-electron chi connectivity index (χ4n) is 4.45. The first kappa shape index (κ1) is 40.0. The van der Waals surface area contributed by atoms with Gasteiger partial charge in [-0.15, -0.1) is 0 Å². The molecule has 0 spiro atoms. The molecule has 0 aliphatic rings. The molecule has 0 unspecified atom stereocenters. The van der Waals surface area contributed by atoms with Crippen molar-refractivity contribution in [1.82, 2.24) is 9.44 Å². The molecular weight excluding hydrogens is 807 g/mol. The van der Waals surface area contributed by atoms with Crippen LogP contribution in [0.5, 0.6) is 0 Å².